The van der Waals surface area contributed by atoms with Crippen LogP contribution < -0.4 is 11.1 Å². The van der Waals surface area contributed by atoms with Crippen LogP contribution in [0.25, 0.3) is 0 Å². The molecule has 0 radical (unpaired) electrons. The van der Waals surface area contributed by atoms with Gasteiger partial charge in [0.2, 0.25) is 5.91 Å². The summed E-state index contributed by atoms with van der Waals surface area (Å²) in [6.45, 7) is 1.91. The van der Waals surface area contributed by atoms with Gasteiger partial charge in [0.25, 0.3) is 0 Å². The van der Waals surface area contributed by atoms with E-state index in [2.05, 4.69) is 11.4 Å². The molecular formula is C16H21N3O. The van der Waals surface area contributed by atoms with Gasteiger partial charge in [0.1, 0.15) is 0 Å². The first-order valence-electron chi connectivity index (χ1n) is 7.12. The lowest BCUT2D eigenvalue weighted by Gasteiger charge is -2.32. The number of nitrogens with zero attached hydrogens (tertiary/aromatic N) is 1. The van der Waals surface area contributed by atoms with Crippen molar-refractivity contribution in [3.63, 3.8) is 0 Å². The lowest BCUT2D eigenvalue weighted by molar-refractivity contribution is -0.117. The molecule has 1 aliphatic rings. The maximum Gasteiger partial charge on any atom is 0.226 e. The number of amides is 1. The molecule has 0 saturated heterocycles. The quantitative estimate of drug-likeness (QED) is 0.887. The van der Waals surface area contributed by atoms with Crippen LogP contribution in [0.5, 0.6) is 0 Å². The van der Waals surface area contributed by atoms with Crippen molar-refractivity contribution >= 4 is 11.6 Å². The molecule has 1 fully saturated rings. The molecule has 0 bridgehead atoms. The fourth-order valence-corrected chi connectivity index (χ4v) is 2.77. The molecule has 0 aliphatic heterocycles. The van der Waals surface area contributed by atoms with Crippen LogP contribution in [0.15, 0.2) is 18.2 Å². The molecule has 0 unspecified atom stereocenters. The van der Waals surface area contributed by atoms with Gasteiger partial charge in [0, 0.05) is 17.6 Å². The van der Waals surface area contributed by atoms with Gasteiger partial charge in [-0.15, -0.1) is 0 Å². The van der Waals surface area contributed by atoms with E-state index in [4.69, 9.17) is 11.0 Å². The van der Waals surface area contributed by atoms with Crippen LogP contribution in [-0.2, 0) is 4.79 Å². The van der Waals surface area contributed by atoms with Crippen molar-refractivity contribution in [1.82, 2.24) is 0 Å². The number of benzene rings is 1. The summed E-state index contributed by atoms with van der Waals surface area (Å²) < 4.78 is 0. The minimum absolute atomic E-state index is 0.0624. The van der Waals surface area contributed by atoms with Crippen LogP contribution in [0.4, 0.5) is 5.69 Å². The number of carbonyl (C=O) groups is 1. The standard InChI is InChI=1S/C16H21N3O/c1-12-5-6-13(11-17)9-14(12)19-15(20)10-16(18)7-3-2-4-8-16/h5-6,9H,2-4,7-8,10,18H2,1H3,(H,19,20). The predicted molar refractivity (Wildman–Crippen MR) is 79.1 cm³/mol. The van der Waals surface area contributed by atoms with Gasteiger partial charge >= 0.3 is 0 Å². The van der Waals surface area contributed by atoms with Gasteiger partial charge < -0.3 is 11.1 Å². The van der Waals surface area contributed by atoms with Gasteiger partial charge in [-0.05, 0) is 37.5 Å². The smallest absolute Gasteiger partial charge is 0.226 e. The van der Waals surface area contributed by atoms with E-state index in [-0.39, 0.29) is 11.4 Å². The van der Waals surface area contributed by atoms with Crippen molar-refractivity contribution in [2.75, 3.05) is 5.32 Å². The van der Waals surface area contributed by atoms with Crippen molar-refractivity contribution in [1.29, 1.82) is 5.26 Å². The second-order valence-corrected chi connectivity index (χ2v) is 5.79. The number of rotatable bonds is 3. The predicted octanol–water partition coefficient (Wildman–Crippen LogP) is 2.86. The molecule has 0 atom stereocenters. The lowest BCUT2D eigenvalue weighted by Crippen LogP contribution is -2.44. The topological polar surface area (TPSA) is 78.9 Å². The Balaban J connectivity index is 2.03. The average Bonchev–Trinajstić information content (AvgIpc) is 2.41. The fourth-order valence-electron chi connectivity index (χ4n) is 2.77. The Morgan fingerprint density at radius 1 is 1.40 bits per heavy atom. The summed E-state index contributed by atoms with van der Waals surface area (Å²) in [5.74, 6) is -0.0624. The minimum Gasteiger partial charge on any atom is -0.326 e. The zero-order valence-corrected chi connectivity index (χ0v) is 11.9. The van der Waals surface area contributed by atoms with E-state index >= 15 is 0 Å². The molecule has 0 spiro atoms. The molecule has 1 aromatic carbocycles. The highest BCUT2D eigenvalue weighted by atomic mass is 16.1. The maximum absolute atomic E-state index is 12.2. The fraction of sp³-hybridized carbons (Fsp3) is 0.500. The van der Waals surface area contributed by atoms with E-state index in [0.717, 1.165) is 31.2 Å². The highest BCUT2D eigenvalue weighted by Crippen LogP contribution is 2.29. The Bertz CT molecular complexity index is 539. The Labute approximate surface area is 120 Å². The van der Waals surface area contributed by atoms with Crippen LogP contribution in [0.2, 0.25) is 0 Å². The second-order valence-electron chi connectivity index (χ2n) is 5.79. The Morgan fingerprint density at radius 3 is 2.75 bits per heavy atom. The van der Waals surface area contributed by atoms with Crippen molar-refractivity contribution in [3.8, 4) is 6.07 Å². The molecular weight excluding hydrogens is 250 g/mol. The molecule has 20 heavy (non-hydrogen) atoms. The third-order valence-corrected chi connectivity index (χ3v) is 4.00. The molecule has 3 N–H and O–H groups in total. The number of carbonyl (C=O) groups excluding carboxylic acids is 1. The van der Waals surface area contributed by atoms with Crippen molar-refractivity contribution in [2.45, 2.75) is 51.0 Å². The lowest BCUT2D eigenvalue weighted by atomic mass is 9.80. The second kappa shape index (κ2) is 6.06. The summed E-state index contributed by atoms with van der Waals surface area (Å²) >= 11 is 0. The van der Waals surface area contributed by atoms with Gasteiger partial charge in [-0.1, -0.05) is 25.3 Å². The summed E-state index contributed by atoms with van der Waals surface area (Å²) in [5, 5.41) is 11.8. The monoisotopic (exact) mass is 271 g/mol. The van der Waals surface area contributed by atoms with Crippen LogP contribution >= 0.6 is 0 Å². The third kappa shape index (κ3) is 3.58. The molecule has 0 heterocycles. The average molecular weight is 271 g/mol. The SMILES string of the molecule is Cc1ccc(C#N)cc1NC(=O)CC1(N)CCCCC1. The number of nitriles is 1. The van der Waals surface area contributed by atoms with Crippen molar-refractivity contribution in [2.24, 2.45) is 5.73 Å². The maximum atomic E-state index is 12.2. The number of hydrogen-bond acceptors (Lipinski definition) is 3. The normalized spacial score (nSPS) is 17.2. The van der Waals surface area contributed by atoms with Gasteiger partial charge in [0.05, 0.1) is 11.6 Å². The number of nitrogens with one attached hydrogen (secondary N) is 1. The zero-order chi connectivity index (χ0) is 14.6. The van der Waals surface area contributed by atoms with Crippen molar-refractivity contribution in [3.05, 3.63) is 29.3 Å². The van der Waals surface area contributed by atoms with E-state index in [1.807, 2.05) is 13.0 Å². The van der Waals surface area contributed by atoms with E-state index in [1.165, 1.54) is 6.42 Å². The first-order chi connectivity index (χ1) is 9.52. The summed E-state index contributed by atoms with van der Waals surface area (Å²) in [4.78, 5) is 12.2. The largest absolute Gasteiger partial charge is 0.326 e. The highest BCUT2D eigenvalue weighted by molar-refractivity contribution is 5.92. The number of anilines is 1. The molecule has 1 saturated carbocycles. The van der Waals surface area contributed by atoms with E-state index in [0.29, 0.717) is 17.7 Å². The van der Waals surface area contributed by atoms with Gasteiger partial charge in [0.15, 0.2) is 0 Å². The van der Waals surface area contributed by atoms with E-state index in [9.17, 15) is 4.79 Å². The van der Waals surface area contributed by atoms with Crippen LogP contribution in [0.3, 0.4) is 0 Å². The van der Waals surface area contributed by atoms with Crippen LogP contribution in [0, 0.1) is 18.3 Å². The molecule has 0 aromatic heterocycles. The Kier molecular flexibility index (Phi) is 4.41. The molecule has 1 amide bonds. The highest BCUT2D eigenvalue weighted by Gasteiger charge is 2.30. The first-order valence-corrected chi connectivity index (χ1v) is 7.12. The van der Waals surface area contributed by atoms with Gasteiger partial charge in [-0.3, -0.25) is 4.79 Å². The van der Waals surface area contributed by atoms with Gasteiger partial charge in [-0.25, -0.2) is 0 Å². The summed E-state index contributed by atoms with van der Waals surface area (Å²) in [6.07, 6.45) is 5.60. The Hall–Kier alpha value is -1.86. The summed E-state index contributed by atoms with van der Waals surface area (Å²) in [7, 11) is 0. The Morgan fingerprint density at radius 2 is 2.10 bits per heavy atom. The molecule has 1 aliphatic carbocycles. The molecule has 2 rings (SSSR count). The van der Waals surface area contributed by atoms with Crippen LogP contribution in [-0.4, -0.2) is 11.4 Å². The number of aryl methyl sites for hydroxylation is 1. The van der Waals surface area contributed by atoms with E-state index in [1.54, 1.807) is 12.1 Å². The third-order valence-electron chi connectivity index (χ3n) is 4.00. The van der Waals surface area contributed by atoms with Crippen molar-refractivity contribution < 1.29 is 4.79 Å². The van der Waals surface area contributed by atoms with Crippen LogP contribution in [0.1, 0.15) is 49.7 Å². The van der Waals surface area contributed by atoms with E-state index < -0.39 is 0 Å². The molecule has 106 valence electrons. The molecule has 1 aromatic rings. The summed E-state index contributed by atoms with van der Waals surface area (Å²) in [6, 6.07) is 7.37. The zero-order valence-electron chi connectivity index (χ0n) is 11.9. The first kappa shape index (κ1) is 14.5. The minimum atomic E-state index is -0.358. The number of hydrogen-bond donors (Lipinski definition) is 2. The molecule has 4 nitrogen and oxygen atoms in total. The van der Waals surface area contributed by atoms with Gasteiger partial charge in [-0.2, -0.15) is 5.26 Å². The summed E-state index contributed by atoms with van der Waals surface area (Å²) in [5.41, 5.74) is 8.14. The molecule has 4 heteroatoms. The number of nitrogens with two attached hydrogens (primary N) is 1.